The summed E-state index contributed by atoms with van der Waals surface area (Å²) >= 11 is -3.88. The minimum absolute atomic E-state index is 0.00972. The van der Waals surface area contributed by atoms with E-state index in [0.717, 1.165) is 0 Å². The number of carbonyl (C=O) groups excluding carboxylic acids is 4. The zero-order valence-electron chi connectivity index (χ0n) is 5.98. The molecule has 0 atom stereocenters. The molecule has 0 amide bonds. The molecule has 0 aromatic rings. The summed E-state index contributed by atoms with van der Waals surface area (Å²) in [7, 11) is 0. The zero-order valence-corrected chi connectivity index (χ0v) is 7.02. The maximum absolute atomic E-state index is 10.4. The van der Waals surface area contributed by atoms with Crippen LogP contribution in [-0.2, 0) is 30.8 Å². The fourth-order valence-corrected chi connectivity index (χ4v) is 1.37. The molecule has 0 N–H and O–H groups in total. The maximum atomic E-state index is 10.4. The molecule has 0 spiro atoms. The molecule has 0 aliphatic rings. The van der Waals surface area contributed by atoms with E-state index in [1.165, 1.54) is 6.92 Å². The van der Waals surface area contributed by atoms with Gasteiger partial charge in [0.05, 0.1) is 0 Å². The molecule has 0 heterocycles. The van der Waals surface area contributed by atoms with Crippen molar-refractivity contribution < 1.29 is 30.8 Å². The Bertz CT molecular complexity index is 167. The van der Waals surface area contributed by atoms with Gasteiger partial charge in [0.2, 0.25) is 0 Å². The van der Waals surface area contributed by atoms with E-state index < -0.39 is 11.6 Å². The van der Waals surface area contributed by atoms with E-state index in [1.54, 1.807) is 0 Å². The van der Waals surface area contributed by atoms with E-state index >= 15 is 0 Å². The van der Waals surface area contributed by atoms with Crippen LogP contribution in [0.2, 0.25) is 5.36 Å². The second-order valence-corrected chi connectivity index (χ2v) is 7.26. The quantitative estimate of drug-likeness (QED) is 0.585. The molecule has 0 aromatic carbocycles. The van der Waals surface area contributed by atoms with E-state index in [0.29, 0.717) is 0 Å². The van der Waals surface area contributed by atoms with Gasteiger partial charge in [0.15, 0.2) is 0 Å². The molecule has 4 nitrogen and oxygen atoms in total. The van der Waals surface area contributed by atoms with Crippen LogP contribution in [0.5, 0.6) is 0 Å². The second kappa shape index (κ2) is 3.06. The molecule has 0 aliphatic heterocycles. The molecule has 5 heteroatoms. The van der Waals surface area contributed by atoms with Gasteiger partial charge < -0.3 is 0 Å². The van der Waals surface area contributed by atoms with Crippen molar-refractivity contribution >= 4 is 20.9 Å². The Morgan fingerprint density at radius 3 is 1.18 bits per heavy atom. The molecule has 0 rings (SSSR count). The monoisotopic (exact) mass is 204 g/mol. The van der Waals surface area contributed by atoms with Gasteiger partial charge in [0.25, 0.3) is 0 Å². The molecule has 0 aliphatic carbocycles. The van der Waals surface area contributed by atoms with Gasteiger partial charge in [0, 0.05) is 0 Å². The fourth-order valence-electron chi connectivity index (χ4n) is 0.333. The first kappa shape index (κ1) is 10.2. The summed E-state index contributed by atoms with van der Waals surface area (Å²) in [6.07, 6.45) is 0. The molecular weight excluding hydrogens is 195 g/mol. The van der Waals surface area contributed by atoms with Crippen LogP contribution in [0.3, 0.4) is 0 Å². The Balaban J connectivity index is 5.32. The van der Waals surface area contributed by atoms with Crippen molar-refractivity contribution in [3.8, 4) is 0 Å². The Morgan fingerprint density at radius 1 is 0.909 bits per heavy atom. The van der Waals surface area contributed by atoms with Gasteiger partial charge in [-0.3, -0.25) is 0 Å². The first-order valence-corrected chi connectivity index (χ1v) is 5.80. The van der Waals surface area contributed by atoms with Crippen molar-refractivity contribution in [2.24, 2.45) is 0 Å². The minimum atomic E-state index is -3.88. The summed E-state index contributed by atoms with van der Waals surface area (Å²) in [5.74, 6) is 0. The van der Waals surface area contributed by atoms with Crippen molar-refractivity contribution in [3.63, 3.8) is 0 Å². The van der Waals surface area contributed by atoms with E-state index in [4.69, 9.17) is 0 Å². The number of hydrogen-bond acceptors (Lipinski definition) is 4. The van der Waals surface area contributed by atoms with E-state index in [2.05, 4.69) is 0 Å². The van der Waals surface area contributed by atoms with Gasteiger partial charge in [-0.25, -0.2) is 0 Å². The molecule has 0 radical (unpaired) electrons. The van der Waals surface area contributed by atoms with Crippen LogP contribution in [0.25, 0.3) is 0 Å². The average Bonchev–Trinajstić information content (AvgIpc) is 2.12. The predicted molar refractivity (Wildman–Crippen MR) is 37.5 cm³/mol. The van der Waals surface area contributed by atoms with Crippen LogP contribution in [-0.4, -0.2) is 20.9 Å². The van der Waals surface area contributed by atoms with E-state index in [9.17, 15) is 19.2 Å². The molecule has 0 fully saturated rings. The Morgan fingerprint density at radius 2 is 1.18 bits per heavy atom. The summed E-state index contributed by atoms with van der Waals surface area (Å²) in [6, 6.07) is 0. The van der Waals surface area contributed by atoms with Crippen LogP contribution in [0.15, 0.2) is 0 Å². The average molecular weight is 204 g/mol. The topological polar surface area (TPSA) is 68.3 Å². The van der Waals surface area contributed by atoms with Crippen molar-refractivity contribution in [2.75, 3.05) is 0 Å². The van der Waals surface area contributed by atoms with Gasteiger partial charge in [-0.1, -0.05) is 0 Å². The Kier molecular flexibility index (Phi) is 2.83. The van der Waals surface area contributed by atoms with E-state index in [1.807, 2.05) is 0 Å². The molecule has 0 saturated heterocycles. The van der Waals surface area contributed by atoms with Crippen molar-refractivity contribution in [1.82, 2.24) is 0 Å². The first-order chi connectivity index (χ1) is 5.12. The number of hydrogen-bond donors (Lipinski definition) is 0. The molecule has 66 valence electrons. The first-order valence-electron chi connectivity index (χ1n) is 2.66. The molecule has 0 unspecified atom stereocenters. The molecular formula is C6H9CoO4. The summed E-state index contributed by atoms with van der Waals surface area (Å²) in [4.78, 5) is 41.7. The number of carbonyl (C=O) groups is 4. The summed E-state index contributed by atoms with van der Waals surface area (Å²) in [5, 5.41) is 0.813. The third-order valence-electron chi connectivity index (χ3n) is 1.31. The zero-order chi connectivity index (χ0) is 8.98. The summed E-state index contributed by atoms with van der Waals surface area (Å²) < 4.78 is 0. The van der Waals surface area contributed by atoms with Crippen molar-refractivity contribution in [3.05, 3.63) is 0 Å². The normalized spacial score (nSPS) is 14.1. The molecule has 0 aromatic heterocycles. The van der Waals surface area contributed by atoms with Gasteiger partial charge in [-0.2, -0.15) is 0 Å². The van der Waals surface area contributed by atoms with Crippen LogP contribution in [0.4, 0.5) is 0 Å². The van der Waals surface area contributed by atoms with Gasteiger partial charge in [-0.05, 0) is 0 Å². The van der Waals surface area contributed by atoms with E-state index in [-0.39, 0.29) is 26.2 Å². The third-order valence-corrected chi connectivity index (χ3v) is 5.40. The Hall–Kier alpha value is -0.814. The second-order valence-electron chi connectivity index (χ2n) is 1.76. The molecule has 0 bridgehead atoms. The summed E-state index contributed by atoms with van der Waals surface area (Å²) in [5.41, 5.74) is 0. The van der Waals surface area contributed by atoms with Gasteiger partial charge in [0.1, 0.15) is 0 Å². The van der Waals surface area contributed by atoms with Crippen LogP contribution < -0.4 is 0 Å². The predicted octanol–water partition coefficient (Wildman–Crippen LogP) is -0.125. The number of rotatable bonds is 5. The Labute approximate surface area is 64.5 Å². The van der Waals surface area contributed by atoms with Crippen LogP contribution in [0.1, 0.15) is 6.92 Å². The van der Waals surface area contributed by atoms with Crippen LogP contribution >= 0.6 is 0 Å². The van der Waals surface area contributed by atoms with Crippen molar-refractivity contribution in [2.45, 2.75) is 12.3 Å². The SMILES string of the molecule is C[CH2][Co]([CH]=O)([CH]=O)([CH]=O)[CH]=O. The van der Waals surface area contributed by atoms with Crippen LogP contribution in [0, 0.1) is 0 Å². The van der Waals surface area contributed by atoms with Gasteiger partial charge in [-0.15, -0.1) is 0 Å². The molecule has 11 heavy (non-hydrogen) atoms. The fraction of sp³-hybridized carbons (Fsp3) is 0.333. The summed E-state index contributed by atoms with van der Waals surface area (Å²) in [6.45, 7) is 1.48. The standard InChI is InChI=1S/C2H5.4CHO.Co/c5*1-2;/h1H2,2H3;4*1H;. The third kappa shape index (κ3) is 1.29. The molecule has 0 saturated carbocycles. The van der Waals surface area contributed by atoms with Gasteiger partial charge >= 0.3 is 63.9 Å². The van der Waals surface area contributed by atoms with Crippen molar-refractivity contribution in [1.29, 1.82) is 0 Å².